The smallest absolute Gasteiger partial charge is 0.0703 e. The van der Waals surface area contributed by atoms with Gasteiger partial charge in [-0.05, 0) is 32.3 Å². The minimum atomic E-state index is 0.185. The van der Waals surface area contributed by atoms with Gasteiger partial charge < -0.3 is 10.5 Å². The van der Waals surface area contributed by atoms with Crippen LogP contribution in [-0.4, -0.2) is 18.8 Å². The molecule has 0 aliphatic rings. The zero-order valence-electron chi connectivity index (χ0n) is 9.65. The molecule has 1 aromatic carbocycles. The zero-order valence-corrected chi connectivity index (χ0v) is 9.65. The molecule has 0 aliphatic heterocycles. The summed E-state index contributed by atoms with van der Waals surface area (Å²) in [7, 11) is 0. The molecular weight excluding hydrogens is 186 g/mol. The molecule has 1 atom stereocenters. The molecule has 2 nitrogen and oxygen atoms in total. The second-order valence-electron chi connectivity index (χ2n) is 4.07. The molecule has 0 saturated carbocycles. The van der Waals surface area contributed by atoms with E-state index >= 15 is 0 Å². The number of hydrogen-bond donors (Lipinski definition) is 1. The van der Waals surface area contributed by atoms with Gasteiger partial charge in [-0.25, -0.2) is 0 Å². The zero-order chi connectivity index (χ0) is 11.1. The largest absolute Gasteiger partial charge is 0.374 e. The van der Waals surface area contributed by atoms with Crippen LogP contribution in [0.2, 0.25) is 0 Å². The minimum absolute atomic E-state index is 0.185. The normalized spacial score (nSPS) is 13.1. The monoisotopic (exact) mass is 207 g/mol. The van der Waals surface area contributed by atoms with Crippen molar-refractivity contribution in [1.29, 1.82) is 0 Å². The van der Waals surface area contributed by atoms with Gasteiger partial charge in [0.1, 0.15) is 0 Å². The highest BCUT2D eigenvalue weighted by Gasteiger charge is 2.08. The van der Waals surface area contributed by atoms with Crippen molar-refractivity contribution in [2.75, 3.05) is 6.54 Å². The van der Waals surface area contributed by atoms with Crippen molar-refractivity contribution in [1.82, 2.24) is 0 Å². The first-order chi connectivity index (χ1) is 7.22. The molecule has 1 rings (SSSR count). The molecule has 15 heavy (non-hydrogen) atoms. The maximum Gasteiger partial charge on any atom is 0.0703 e. The Balaban J connectivity index is 2.34. The molecule has 0 amide bonds. The third kappa shape index (κ3) is 4.96. The second kappa shape index (κ2) is 6.59. The van der Waals surface area contributed by atoms with E-state index in [4.69, 9.17) is 10.5 Å². The lowest BCUT2D eigenvalue weighted by Crippen LogP contribution is -2.27. The van der Waals surface area contributed by atoms with Crippen molar-refractivity contribution in [2.45, 2.75) is 38.9 Å². The summed E-state index contributed by atoms with van der Waals surface area (Å²) in [5.74, 6) is 0. The Kier molecular flexibility index (Phi) is 5.37. The Hall–Kier alpha value is -0.860. The fraction of sp³-hybridized carbons (Fsp3) is 0.538. The molecule has 0 heterocycles. The number of ether oxygens (including phenoxy) is 1. The third-order valence-corrected chi connectivity index (χ3v) is 2.33. The summed E-state index contributed by atoms with van der Waals surface area (Å²) in [5.41, 5.74) is 7.01. The van der Waals surface area contributed by atoms with Crippen LogP contribution in [0.1, 0.15) is 25.8 Å². The van der Waals surface area contributed by atoms with Gasteiger partial charge in [-0.3, -0.25) is 0 Å². The van der Waals surface area contributed by atoms with Gasteiger partial charge in [0.25, 0.3) is 0 Å². The number of rotatable bonds is 6. The average Bonchev–Trinajstić information content (AvgIpc) is 2.25. The molecule has 0 saturated heterocycles. The quantitative estimate of drug-likeness (QED) is 0.777. The highest BCUT2D eigenvalue weighted by Crippen LogP contribution is 2.08. The Morgan fingerprint density at radius 2 is 1.87 bits per heavy atom. The SMILES string of the molecule is CC(C)OC(CN)CCc1ccccc1. The van der Waals surface area contributed by atoms with Crippen LogP contribution in [0.3, 0.4) is 0 Å². The lowest BCUT2D eigenvalue weighted by atomic mass is 10.1. The third-order valence-electron chi connectivity index (χ3n) is 2.33. The summed E-state index contributed by atoms with van der Waals surface area (Å²) >= 11 is 0. The van der Waals surface area contributed by atoms with E-state index in [-0.39, 0.29) is 12.2 Å². The van der Waals surface area contributed by atoms with E-state index in [0.717, 1.165) is 12.8 Å². The highest BCUT2D eigenvalue weighted by atomic mass is 16.5. The van der Waals surface area contributed by atoms with E-state index in [1.54, 1.807) is 0 Å². The predicted octanol–water partition coefficient (Wildman–Crippen LogP) is 2.37. The first kappa shape index (κ1) is 12.2. The van der Waals surface area contributed by atoms with Gasteiger partial charge in [0.15, 0.2) is 0 Å². The summed E-state index contributed by atoms with van der Waals surface area (Å²) in [5, 5.41) is 0. The highest BCUT2D eigenvalue weighted by molar-refractivity contribution is 5.14. The fourth-order valence-electron chi connectivity index (χ4n) is 1.60. The first-order valence-corrected chi connectivity index (χ1v) is 5.62. The first-order valence-electron chi connectivity index (χ1n) is 5.62. The number of hydrogen-bond acceptors (Lipinski definition) is 2. The summed E-state index contributed by atoms with van der Waals surface area (Å²) < 4.78 is 5.70. The molecule has 84 valence electrons. The molecule has 1 aromatic rings. The van der Waals surface area contributed by atoms with Crippen LogP contribution in [0.15, 0.2) is 30.3 Å². The van der Waals surface area contributed by atoms with Crippen molar-refractivity contribution in [3.05, 3.63) is 35.9 Å². The van der Waals surface area contributed by atoms with Crippen molar-refractivity contribution in [3.63, 3.8) is 0 Å². The summed E-state index contributed by atoms with van der Waals surface area (Å²) in [4.78, 5) is 0. The minimum Gasteiger partial charge on any atom is -0.374 e. The maximum absolute atomic E-state index is 5.70. The maximum atomic E-state index is 5.70. The van der Waals surface area contributed by atoms with E-state index in [0.29, 0.717) is 6.54 Å². The molecule has 0 aliphatic carbocycles. The van der Waals surface area contributed by atoms with E-state index in [1.807, 2.05) is 19.9 Å². The fourth-order valence-corrected chi connectivity index (χ4v) is 1.60. The Labute approximate surface area is 92.4 Å². The van der Waals surface area contributed by atoms with Gasteiger partial charge >= 0.3 is 0 Å². The molecular formula is C13H21NO. The molecule has 0 radical (unpaired) electrons. The topological polar surface area (TPSA) is 35.2 Å². The number of benzene rings is 1. The van der Waals surface area contributed by atoms with E-state index in [9.17, 15) is 0 Å². The summed E-state index contributed by atoms with van der Waals surface area (Å²) in [6.45, 7) is 4.70. The Bertz CT molecular complexity index is 258. The van der Waals surface area contributed by atoms with Crippen molar-refractivity contribution < 1.29 is 4.74 Å². The molecule has 1 unspecified atom stereocenters. The van der Waals surface area contributed by atoms with Gasteiger partial charge in [0, 0.05) is 6.54 Å². The van der Waals surface area contributed by atoms with Crippen molar-refractivity contribution in [3.8, 4) is 0 Å². The van der Waals surface area contributed by atoms with Gasteiger partial charge in [-0.15, -0.1) is 0 Å². The van der Waals surface area contributed by atoms with E-state index < -0.39 is 0 Å². The summed E-state index contributed by atoms with van der Waals surface area (Å²) in [6.07, 6.45) is 2.48. The number of nitrogens with two attached hydrogens (primary N) is 1. The van der Waals surface area contributed by atoms with Crippen LogP contribution < -0.4 is 5.73 Å². The molecule has 0 aromatic heterocycles. The van der Waals surface area contributed by atoms with Crippen LogP contribution in [0, 0.1) is 0 Å². The lowest BCUT2D eigenvalue weighted by Gasteiger charge is -2.18. The van der Waals surface area contributed by atoms with Crippen molar-refractivity contribution in [2.24, 2.45) is 5.73 Å². The van der Waals surface area contributed by atoms with Gasteiger partial charge in [-0.1, -0.05) is 30.3 Å². The molecule has 2 N–H and O–H groups in total. The van der Waals surface area contributed by atoms with Crippen LogP contribution in [-0.2, 0) is 11.2 Å². The Morgan fingerprint density at radius 1 is 1.20 bits per heavy atom. The molecule has 0 spiro atoms. The van der Waals surface area contributed by atoms with Crippen LogP contribution >= 0.6 is 0 Å². The molecule has 0 bridgehead atoms. The van der Waals surface area contributed by atoms with Gasteiger partial charge in [0.2, 0.25) is 0 Å². The second-order valence-corrected chi connectivity index (χ2v) is 4.07. The van der Waals surface area contributed by atoms with Crippen LogP contribution in [0.4, 0.5) is 0 Å². The van der Waals surface area contributed by atoms with Gasteiger partial charge in [-0.2, -0.15) is 0 Å². The number of aryl methyl sites for hydroxylation is 1. The van der Waals surface area contributed by atoms with Crippen LogP contribution in [0.5, 0.6) is 0 Å². The molecule has 2 heteroatoms. The summed E-state index contributed by atoms with van der Waals surface area (Å²) in [6, 6.07) is 10.5. The standard InChI is InChI=1S/C13H21NO/c1-11(2)15-13(10-14)9-8-12-6-4-3-5-7-12/h3-7,11,13H,8-10,14H2,1-2H3. The van der Waals surface area contributed by atoms with E-state index in [1.165, 1.54) is 5.56 Å². The van der Waals surface area contributed by atoms with E-state index in [2.05, 4.69) is 24.3 Å². The predicted molar refractivity (Wildman–Crippen MR) is 63.8 cm³/mol. The Morgan fingerprint density at radius 3 is 2.40 bits per heavy atom. The van der Waals surface area contributed by atoms with Gasteiger partial charge in [0.05, 0.1) is 12.2 Å². The van der Waals surface area contributed by atoms with Crippen LogP contribution in [0.25, 0.3) is 0 Å². The molecule has 0 fully saturated rings. The van der Waals surface area contributed by atoms with Crippen molar-refractivity contribution >= 4 is 0 Å². The lowest BCUT2D eigenvalue weighted by molar-refractivity contribution is 0.00890. The average molecular weight is 207 g/mol.